The third kappa shape index (κ3) is 2.11. The molecule has 3 amide bonds. The lowest BCUT2D eigenvalue weighted by atomic mass is 9.77. The van der Waals surface area contributed by atoms with Gasteiger partial charge in [-0.05, 0) is 35.8 Å². The Kier molecular flexibility index (Phi) is 3.14. The molecule has 2 fully saturated rings. The number of carbonyl (C=O) groups excluding carboxylic acids is 3. The minimum Gasteiger partial charge on any atom is -0.354 e. The summed E-state index contributed by atoms with van der Waals surface area (Å²) >= 11 is 0. The van der Waals surface area contributed by atoms with Crippen molar-refractivity contribution in [1.29, 1.82) is 0 Å². The second-order valence-electron chi connectivity index (χ2n) is 7.67. The molecular formula is C20H20N2O3. The predicted octanol–water partition coefficient (Wildman–Crippen LogP) is 1.25. The average molecular weight is 336 g/mol. The van der Waals surface area contributed by atoms with Crippen molar-refractivity contribution in [2.24, 2.45) is 23.7 Å². The highest BCUT2D eigenvalue weighted by molar-refractivity contribution is 6.08. The molecule has 1 aliphatic heterocycles. The van der Waals surface area contributed by atoms with Gasteiger partial charge in [-0.25, -0.2) is 0 Å². The fourth-order valence-electron chi connectivity index (χ4n) is 5.10. The molecule has 25 heavy (non-hydrogen) atoms. The molecule has 5 heteroatoms. The number of nitrogens with zero attached hydrogens (tertiary/aromatic N) is 1. The minimum absolute atomic E-state index is 0.140. The van der Waals surface area contributed by atoms with E-state index in [0.717, 1.165) is 12.8 Å². The number of hydrogen-bond acceptors (Lipinski definition) is 3. The number of imide groups is 1. The predicted molar refractivity (Wildman–Crippen MR) is 90.3 cm³/mol. The largest absolute Gasteiger partial charge is 0.354 e. The molecule has 3 aliphatic carbocycles. The molecule has 0 aromatic heterocycles. The second-order valence-corrected chi connectivity index (χ2v) is 7.67. The molecule has 1 heterocycles. The Morgan fingerprint density at radius 1 is 1.08 bits per heavy atom. The highest BCUT2D eigenvalue weighted by Gasteiger charge is 2.59. The van der Waals surface area contributed by atoms with Gasteiger partial charge in [0, 0.05) is 12.5 Å². The Bertz CT molecular complexity index is 785. The molecule has 1 N–H and O–H groups in total. The smallest absolute Gasteiger partial charge is 0.240 e. The fraction of sp³-hybridized carbons (Fsp3) is 0.450. The van der Waals surface area contributed by atoms with Gasteiger partial charge in [-0.15, -0.1) is 0 Å². The molecule has 5 nitrogen and oxygen atoms in total. The van der Waals surface area contributed by atoms with Gasteiger partial charge in [0.05, 0.1) is 11.8 Å². The number of nitrogens with one attached hydrogen (secondary N) is 1. The zero-order valence-electron chi connectivity index (χ0n) is 13.9. The summed E-state index contributed by atoms with van der Waals surface area (Å²) in [6, 6.07) is 8.23. The normalized spacial score (nSPS) is 34.1. The molecule has 4 aliphatic rings. The monoisotopic (exact) mass is 336 g/mol. The fourth-order valence-corrected chi connectivity index (χ4v) is 5.10. The van der Waals surface area contributed by atoms with Crippen LogP contribution < -0.4 is 5.32 Å². The average Bonchev–Trinajstić information content (AvgIpc) is 3.26. The third-order valence-electron chi connectivity index (χ3n) is 6.37. The molecule has 5 atom stereocenters. The summed E-state index contributed by atoms with van der Waals surface area (Å²) in [5.41, 5.74) is 2.62. The van der Waals surface area contributed by atoms with E-state index < -0.39 is 0 Å². The van der Waals surface area contributed by atoms with E-state index in [1.807, 2.05) is 12.1 Å². The Balaban J connectivity index is 1.20. The molecule has 0 radical (unpaired) electrons. The molecule has 1 saturated heterocycles. The van der Waals surface area contributed by atoms with Gasteiger partial charge >= 0.3 is 0 Å². The molecule has 1 aromatic rings. The molecular weight excluding hydrogens is 316 g/mol. The first-order chi connectivity index (χ1) is 12.1. The highest BCUT2D eigenvalue weighted by Crippen LogP contribution is 2.52. The van der Waals surface area contributed by atoms with Crippen LogP contribution in [0.3, 0.4) is 0 Å². The lowest BCUT2D eigenvalue weighted by Gasteiger charge is -2.30. The first kappa shape index (κ1) is 14.9. The molecule has 2 bridgehead atoms. The summed E-state index contributed by atoms with van der Waals surface area (Å²) in [5.74, 6) is -0.303. The van der Waals surface area contributed by atoms with Gasteiger partial charge in [-0.2, -0.15) is 0 Å². The number of fused-ring (bicyclic) bond motifs is 6. The van der Waals surface area contributed by atoms with Crippen LogP contribution >= 0.6 is 0 Å². The minimum atomic E-state index is -0.244. The Morgan fingerprint density at radius 3 is 2.44 bits per heavy atom. The summed E-state index contributed by atoms with van der Waals surface area (Å²) in [6.45, 7) is 0.421. The molecule has 1 aromatic carbocycles. The Labute approximate surface area is 146 Å². The Hall–Kier alpha value is -2.43. The first-order valence-electron chi connectivity index (χ1n) is 9.01. The molecule has 5 unspecified atom stereocenters. The van der Waals surface area contributed by atoms with Crippen LogP contribution in [-0.4, -0.2) is 35.7 Å². The van der Waals surface area contributed by atoms with Crippen molar-refractivity contribution in [2.45, 2.75) is 18.8 Å². The molecule has 128 valence electrons. The number of amides is 3. The number of hydrogen-bond donors (Lipinski definition) is 1. The van der Waals surface area contributed by atoms with Crippen molar-refractivity contribution in [3.63, 3.8) is 0 Å². The molecule has 0 spiro atoms. The zero-order valence-corrected chi connectivity index (χ0v) is 13.9. The van der Waals surface area contributed by atoms with Crippen LogP contribution in [0, 0.1) is 23.7 Å². The summed E-state index contributed by atoms with van der Waals surface area (Å²) in [5, 5.41) is 2.90. The van der Waals surface area contributed by atoms with E-state index in [1.54, 1.807) is 0 Å². The van der Waals surface area contributed by atoms with Crippen LogP contribution in [0.5, 0.6) is 0 Å². The number of allylic oxidation sites excluding steroid dienone is 2. The van der Waals surface area contributed by atoms with Crippen molar-refractivity contribution in [1.82, 2.24) is 10.2 Å². The van der Waals surface area contributed by atoms with E-state index >= 15 is 0 Å². The van der Waals surface area contributed by atoms with Gasteiger partial charge < -0.3 is 5.32 Å². The van der Waals surface area contributed by atoms with Crippen molar-refractivity contribution >= 4 is 17.7 Å². The van der Waals surface area contributed by atoms with Crippen molar-refractivity contribution in [2.75, 3.05) is 13.1 Å². The molecule has 5 rings (SSSR count). The lowest BCUT2D eigenvalue weighted by molar-refractivity contribution is -0.144. The third-order valence-corrected chi connectivity index (χ3v) is 6.37. The Morgan fingerprint density at radius 2 is 1.76 bits per heavy atom. The van der Waals surface area contributed by atoms with Crippen LogP contribution in [-0.2, 0) is 20.8 Å². The summed E-state index contributed by atoms with van der Waals surface area (Å²) in [7, 11) is 0. The second kappa shape index (κ2) is 5.28. The van der Waals surface area contributed by atoms with Gasteiger partial charge in [-0.1, -0.05) is 36.4 Å². The van der Waals surface area contributed by atoms with E-state index in [0.29, 0.717) is 12.5 Å². The van der Waals surface area contributed by atoms with E-state index in [4.69, 9.17) is 0 Å². The number of rotatable bonds is 4. The number of benzene rings is 1. The maximum absolute atomic E-state index is 12.6. The molecule has 1 saturated carbocycles. The number of carbonyl (C=O) groups is 3. The quantitative estimate of drug-likeness (QED) is 0.665. The van der Waals surface area contributed by atoms with Crippen LogP contribution in [0.2, 0.25) is 0 Å². The van der Waals surface area contributed by atoms with E-state index in [1.165, 1.54) is 16.0 Å². The van der Waals surface area contributed by atoms with Crippen molar-refractivity contribution in [3.05, 3.63) is 47.5 Å². The summed E-state index contributed by atoms with van der Waals surface area (Å²) in [6.07, 6.45) is 6.01. The maximum Gasteiger partial charge on any atom is 0.240 e. The van der Waals surface area contributed by atoms with E-state index in [-0.39, 0.29) is 47.9 Å². The summed E-state index contributed by atoms with van der Waals surface area (Å²) in [4.78, 5) is 38.6. The van der Waals surface area contributed by atoms with E-state index in [9.17, 15) is 14.4 Å². The summed E-state index contributed by atoms with van der Waals surface area (Å²) < 4.78 is 0. The van der Waals surface area contributed by atoms with E-state index in [2.05, 4.69) is 29.6 Å². The van der Waals surface area contributed by atoms with Crippen LogP contribution in [0.1, 0.15) is 23.5 Å². The van der Waals surface area contributed by atoms with Gasteiger partial charge in [0.15, 0.2) is 0 Å². The highest BCUT2D eigenvalue weighted by atomic mass is 16.2. The van der Waals surface area contributed by atoms with Crippen LogP contribution in [0.4, 0.5) is 0 Å². The topological polar surface area (TPSA) is 66.5 Å². The standard InChI is InChI=1S/C20H20N2O3/c23-16(21-9-14-7-11-3-1-2-4-15(11)14)10-22-19(24)17-12-5-6-13(8-12)18(17)20(22)25/h1-6,12-14,17-18H,7-10H2,(H,21,23). The van der Waals surface area contributed by atoms with Crippen molar-refractivity contribution < 1.29 is 14.4 Å². The maximum atomic E-state index is 12.6. The lowest BCUT2D eigenvalue weighted by Crippen LogP contribution is -2.43. The first-order valence-corrected chi connectivity index (χ1v) is 9.01. The van der Waals surface area contributed by atoms with Crippen LogP contribution in [0.15, 0.2) is 36.4 Å². The van der Waals surface area contributed by atoms with Gasteiger partial charge in [0.25, 0.3) is 0 Å². The number of likely N-dealkylation sites (tertiary alicyclic amines) is 1. The van der Waals surface area contributed by atoms with Gasteiger partial charge in [0.1, 0.15) is 6.54 Å². The zero-order chi connectivity index (χ0) is 17.1. The van der Waals surface area contributed by atoms with Gasteiger partial charge in [-0.3, -0.25) is 19.3 Å². The SMILES string of the molecule is O=C(CN1C(=O)C2C3C=CC(C3)C2C1=O)NCC1Cc2ccccc21. The van der Waals surface area contributed by atoms with Crippen LogP contribution in [0.25, 0.3) is 0 Å². The van der Waals surface area contributed by atoms with Gasteiger partial charge in [0.2, 0.25) is 17.7 Å². The van der Waals surface area contributed by atoms with Crippen molar-refractivity contribution in [3.8, 4) is 0 Å².